The number of hydrogen-bond donors (Lipinski definition) is 3. The molecule has 1 amide bonds. The molecule has 11 nitrogen and oxygen atoms in total. The Morgan fingerprint density at radius 1 is 1.14 bits per heavy atom. The molecule has 3 aromatic rings. The van der Waals surface area contributed by atoms with Gasteiger partial charge >= 0.3 is 0 Å². The van der Waals surface area contributed by atoms with Gasteiger partial charge in [0.25, 0.3) is 5.91 Å². The molecule has 2 aromatic heterocycles. The number of aromatic nitrogens is 4. The highest BCUT2D eigenvalue weighted by Crippen LogP contribution is 2.30. The molecule has 0 bridgehead atoms. The van der Waals surface area contributed by atoms with E-state index in [9.17, 15) is 4.79 Å². The van der Waals surface area contributed by atoms with Crippen LogP contribution in [-0.2, 0) is 4.74 Å². The number of nitrogens with one attached hydrogen (secondary N) is 3. The second-order valence-electron chi connectivity index (χ2n) is 8.89. The van der Waals surface area contributed by atoms with Crippen LogP contribution in [0.15, 0.2) is 42.6 Å². The maximum absolute atomic E-state index is 12.9. The lowest BCUT2D eigenvalue weighted by molar-refractivity contribution is 0.0977. The van der Waals surface area contributed by atoms with Crippen molar-refractivity contribution in [2.75, 3.05) is 38.5 Å². The minimum atomic E-state index is -0.453. The number of carbonyl (C=O) groups is 1. The predicted octanol–water partition coefficient (Wildman–Crippen LogP) is 3.52. The number of hydrogen-bond acceptors (Lipinski definition) is 10. The molecule has 0 unspecified atom stereocenters. The molecule has 0 atom stereocenters. The van der Waals surface area contributed by atoms with Crippen molar-refractivity contribution in [3.63, 3.8) is 0 Å². The van der Waals surface area contributed by atoms with Crippen LogP contribution in [0.4, 0.5) is 17.5 Å². The lowest BCUT2D eigenvalue weighted by atomic mass is 9.93. The van der Waals surface area contributed by atoms with E-state index < -0.39 is 5.91 Å². The van der Waals surface area contributed by atoms with Crippen LogP contribution in [0.1, 0.15) is 31.1 Å². The van der Waals surface area contributed by atoms with Crippen LogP contribution < -0.4 is 20.3 Å². The van der Waals surface area contributed by atoms with Gasteiger partial charge in [-0.25, -0.2) is 19.9 Å². The van der Waals surface area contributed by atoms with E-state index in [2.05, 4.69) is 30.6 Å². The summed E-state index contributed by atoms with van der Waals surface area (Å²) in [5.74, 6) is 1.48. The molecule has 184 valence electrons. The number of amides is 1. The van der Waals surface area contributed by atoms with Crippen molar-refractivity contribution in [1.82, 2.24) is 25.3 Å². The van der Waals surface area contributed by atoms with Crippen LogP contribution in [0.2, 0.25) is 0 Å². The lowest BCUT2D eigenvalue weighted by Crippen LogP contribution is -2.29. The van der Waals surface area contributed by atoms with Crippen LogP contribution >= 0.6 is 0 Å². The fourth-order valence-electron chi connectivity index (χ4n) is 3.17. The molecule has 0 fully saturated rings. The van der Waals surface area contributed by atoms with Crippen LogP contribution in [0.3, 0.4) is 0 Å². The summed E-state index contributed by atoms with van der Waals surface area (Å²) < 4.78 is 10.8. The topological polar surface area (TPSA) is 138 Å². The van der Waals surface area contributed by atoms with Gasteiger partial charge in [-0.3, -0.25) is 10.2 Å². The summed E-state index contributed by atoms with van der Waals surface area (Å²) in [5.41, 5.74) is 1.60. The Balaban J connectivity index is 1.91. The molecule has 2 heterocycles. The first-order chi connectivity index (χ1) is 16.5. The number of rotatable bonds is 7. The third-order valence-electron chi connectivity index (χ3n) is 4.96. The fraction of sp³-hybridized carbons (Fsp3) is 0.333. The Morgan fingerprint density at radius 3 is 2.51 bits per heavy atom. The summed E-state index contributed by atoms with van der Waals surface area (Å²) in [6.07, 6.45) is 4.52. The molecular weight excluding hydrogens is 448 g/mol. The molecular formula is C24H30N8O3. The first-order valence-corrected chi connectivity index (χ1v) is 10.8. The minimum Gasteiger partial charge on any atom is -0.500 e. The van der Waals surface area contributed by atoms with E-state index in [-0.39, 0.29) is 11.3 Å². The summed E-state index contributed by atoms with van der Waals surface area (Å²) in [7, 11) is 6.75. The summed E-state index contributed by atoms with van der Waals surface area (Å²) in [4.78, 5) is 32.0. The zero-order chi connectivity index (χ0) is 25.8. The van der Waals surface area contributed by atoms with Crippen molar-refractivity contribution in [3.05, 3.63) is 48.1 Å². The Bertz CT molecular complexity index is 1280. The first-order valence-electron chi connectivity index (χ1n) is 10.8. The highest BCUT2D eigenvalue weighted by atomic mass is 16.5. The van der Waals surface area contributed by atoms with E-state index >= 15 is 0 Å². The van der Waals surface area contributed by atoms with Gasteiger partial charge < -0.3 is 25.0 Å². The van der Waals surface area contributed by atoms with E-state index in [0.717, 1.165) is 0 Å². The van der Waals surface area contributed by atoms with Gasteiger partial charge in [0.2, 0.25) is 5.95 Å². The molecule has 0 spiro atoms. The quantitative estimate of drug-likeness (QED) is 0.264. The number of ether oxygens (including phenoxy) is 2. The summed E-state index contributed by atoms with van der Waals surface area (Å²) in [6, 6.07) is 4.89. The molecule has 35 heavy (non-hydrogen) atoms. The zero-order valence-corrected chi connectivity index (χ0v) is 20.9. The maximum Gasteiger partial charge on any atom is 0.256 e. The van der Waals surface area contributed by atoms with Crippen LogP contribution in [0.5, 0.6) is 5.75 Å². The minimum absolute atomic E-state index is 0.0817. The van der Waals surface area contributed by atoms with Crippen molar-refractivity contribution in [2.24, 2.45) is 5.41 Å². The van der Waals surface area contributed by atoms with E-state index in [1.807, 2.05) is 34.9 Å². The van der Waals surface area contributed by atoms with Crippen molar-refractivity contribution in [2.45, 2.75) is 20.8 Å². The number of allylic oxidation sites excluding steroid dienone is 1. The molecule has 0 aliphatic heterocycles. The van der Waals surface area contributed by atoms with Gasteiger partial charge in [-0.2, -0.15) is 0 Å². The number of nitrogens with zero attached hydrogens (tertiary/aromatic N) is 5. The van der Waals surface area contributed by atoms with Gasteiger partial charge in [0, 0.05) is 31.1 Å². The van der Waals surface area contributed by atoms with Gasteiger partial charge in [-0.05, 0) is 18.2 Å². The Morgan fingerprint density at radius 2 is 1.89 bits per heavy atom. The van der Waals surface area contributed by atoms with Gasteiger partial charge in [-0.15, -0.1) is 0 Å². The third-order valence-corrected chi connectivity index (χ3v) is 4.96. The molecule has 0 saturated carbocycles. The molecule has 11 heteroatoms. The Kier molecular flexibility index (Phi) is 7.48. The van der Waals surface area contributed by atoms with E-state index in [4.69, 9.17) is 14.9 Å². The van der Waals surface area contributed by atoms with Crippen molar-refractivity contribution >= 4 is 40.2 Å². The highest BCUT2D eigenvalue weighted by Gasteiger charge is 2.19. The van der Waals surface area contributed by atoms with E-state index in [1.165, 1.54) is 26.6 Å². The smallest absolute Gasteiger partial charge is 0.256 e. The predicted molar refractivity (Wildman–Crippen MR) is 135 cm³/mol. The van der Waals surface area contributed by atoms with Gasteiger partial charge in [0.15, 0.2) is 5.82 Å². The lowest BCUT2D eigenvalue weighted by Gasteiger charge is -2.21. The van der Waals surface area contributed by atoms with Gasteiger partial charge in [-0.1, -0.05) is 20.8 Å². The maximum atomic E-state index is 12.9. The average Bonchev–Trinajstić information content (AvgIpc) is 2.81. The monoisotopic (exact) mass is 478 g/mol. The molecule has 0 aliphatic carbocycles. The average molecular weight is 479 g/mol. The number of anilines is 3. The highest BCUT2D eigenvalue weighted by molar-refractivity contribution is 6.09. The number of carbonyl (C=O) groups excluding carboxylic acids is 1. The van der Waals surface area contributed by atoms with Gasteiger partial charge in [0.05, 0.1) is 26.1 Å². The molecule has 0 radical (unpaired) electrons. The summed E-state index contributed by atoms with van der Waals surface area (Å²) in [6.45, 7) is 5.88. The van der Waals surface area contributed by atoms with Crippen LogP contribution in [0.25, 0.3) is 11.0 Å². The SMILES string of the molecule is CO/C(=C\C(=N)NC(=O)c1ccc(OC)c(Nc2ncnc3cnc(N(C)C)nc23)c1)C(C)(C)C. The first kappa shape index (κ1) is 25.3. The Hall–Kier alpha value is -4.28. The molecule has 0 aliphatic rings. The van der Waals surface area contributed by atoms with Crippen LogP contribution in [0, 0.1) is 10.8 Å². The fourth-order valence-corrected chi connectivity index (χ4v) is 3.17. The second-order valence-corrected chi connectivity index (χ2v) is 8.89. The molecule has 3 N–H and O–H groups in total. The molecule has 1 aromatic carbocycles. The number of amidine groups is 1. The molecule has 3 rings (SSSR count). The van der Waals surface area contributed by atoms with E-state index in [1.54, 1.807) is 29.3 Å². The normalized spacial score (nSPS) is 11.7. The van der Waals surface area contributed by atoms with Crippen molar-refractivity contribution in [3.8, 4) is 5.75 Å². The largest absolute Gasteiger partial charge is 0.500 e. The van der Waals surface area contributed by atoms with Crippen molar-refractivity contribution in [1.29, 1.82) is 5.41 Å². The zero-order valence-electron chi connectivity index (χ0n) is 20.9. The summed E-state index contributed by atoms with van der Waals surface area (Å²) >= 11 is 0. The number of benzene rings is 1. The molecule has 0 saturated heterocycles. The summed E-state index contributed by atoms with van der Waals surface area (Å²) in [5, 5.41) is 13.9. The number of methoxy groups -OCH3 is 2. The Labute approximate surface area is 204 Å². The number of fused-ring (bicyclic) bond motifs is 1. The second kappa shape index (κ2) is 10.3. The van der Waals surface area contributed by atoms with Crippen molar-refractivity contribution < 1.29 is 14.3 Å². The third kappa shape index (κ3) is 5.99. The van der Waals surface area contributed by atoms with Crippen LogP contribution in [-0.4, -0.2) is 60.0 Å². The van der Waals surface area contributed by atoms with E-state index in [0.29, 0.717) is 45.6 Å². The standard InChI is InChI=1S/C24H30N8O3/c1-24(2,3)18(35-7)11-19(25)30-22(33)14-8-9-17(34-6)15(10-14)29-21-20-16(27-13-28-21)12-26-23(31-20)32(4)5/h8-13H,1-7H3,(H2,25,30,33)(H,27,28,29)/b18-11-. The van der Waals surface area contributed by atoms with Gasteiger partial charge in [0.1, 0.15) is 34.7 Å².